The number of carbonyl (C=O) groups excluding carboxylic acids is 1. The van der Waals surface area contributed by atoms with Crippen LogP contribution in [0, 0.1) is 13.8 Å². The lowest BCUT2D eigenvalue weighted by Gasteiger charge is -2.32. The molecule has 0 bridgehead atoms. The fraction of sp³-hybridized carbons (Fsp3) is 0.357. The molecule has 22 heavy (non-hydrogen) atoms. The highest BCUT2D eigenvalue weighted by Crippen LogP contribution is 2.39. The van der Waals surface area contributed by atoms with Gasteiger partial charge >= 0.3 is 5.97 Å². The summed E-state index contributed by atoms with van der Waals surface area (Å²) in [6.07, 6.45) is 0. The first-order valence-corrected chi connectivity index (χ1v) is 7.64. The molecular formula is C14H17N5O2S. The van der Waals surface area contributed by atoms with Crippen LogP contribution in [0.5, 0.6) is 0 Å². The minimum absolute atomic E-state index is 0.422. The van der Waals surface area contributed by atoms with Crippen molar-refractivity contribution in [3.63, 3.8) is 0 Å². The number of hydrazine groups is 1. The number of fused-ring (bicyclic) bond motifs is 1. The highest BCUT2D eigenvalue weighted by molar-refractivity contribution is 7.09. The maximum absolute atomic E-state index is 12.3. The first-order chi connectivity index (χ1) is 10.4. The maximum Gasteiger partial charge on any atom is 0.338 e. The topological polar surface area (TPSA) is 86.3 Å². The summed E-state index contributed by atoms with van der Waals surface area (Å²) >= 11 is 1.49. The molecule has 0 saturated carbocycles. The number of nitrogens with zero attached hydrogens (tertiary/aromatic N) is 4. The number of methoxy groups -OCH3 is 1. The minimum Gasteiger partial charge on any atom is -0.466 e. The Hall–Kier alpha value is -2.19. The van der Waals surface area contributed by atoms with Gasteiger partial charge in [0.25, 0.3) is 0 Å². The summed E-state index contributed by atoms with van der Waals surface area (Å²) in [4.78, 5) is 16.8. The van der Waals surface area contributed by atoms with E-state index < -0.39 is 12.0 Å². The molecule has 3 heterocycles. The number of thiazole rings is 1. The van der Waals surface area contributed by atoms with Gasteiger partial charge in [-0.25, -0.2) is 20.3 Å². The van der Waals surface area contributed by atoms with Gasteiger partial charge in [-0.2, -0.15) is 5.10 Å². The Morgan fingerprint density at radius 1 is 1.36 bits per heavy atom. The van der Waals surface area contributed by atoms with Crippen LogP contribution in [0.3, 0.4) is 0 Å². The van der Waals surface area contributed by atoms with Crippen molar-refractivity contribution < 1.29 is 9.53 Å². The van der Waals surface area contributed by atoms with E-state index in [1.54, 1.807) is 11.6 Å². The number of aromatic nitrogens is 3. The third-order valence-electron chi connectivity index (χ3n) is 3.63. The fourth-order valence-electron chi connectivity index (χ4n) is 2.59. The Morgan fingerprint density at radius 2 is 2.09 bits per heavy atom. The highest BCUT2D eigenvalue weighted by atomic mass is 32.1. The van der Waals surface area contributed by atoms with E-state index in [0.717, 1.165) is 22.2 Å². The second-order valence-electron chi connectivity index (χ2n) is 5.18. The average molecular weight is 319 g/mol. The zero-order valence-electron chi connectivity index (χ0n) is 12.8. The van der Waals surface area contributed by atoms with Gasteiger partial charge in [-0.15, -0.1) is 11.3 Å². The number of anilines is 1. The molecule has 0 fully saturated rings. The molecular weight excluding hydrogens is 302 g/mol. The lowest BCUT2D eigenvalue weighted by atomic mass is 10.0. The smallest absolute Gasteiger partial charge is 0.338 e. The molecule has 0 aliphatic carbocycles. The fourth-order valence-corrected chi connectivity index (χ4v) is 3.48. The van der Waals surface area contributed by atoms with Gasteiger partial charge in [0.1, 0.15) is 16.9 Å². The van der Waals surface area contributed by atoms with Crippen LogP contribution in [0.25, 0.3) is 0 Å². The molecule has 8 heteroatoms. The molecule has 3 rings (SSSR count). The molecule has 0 spiro atoms. The molecule has 1 aliphatic rings. The Kier molecular flexibility index (Phi) is 3.50. The van der Waals surface area contributed by atoms with E-state index in [1.165, 1.54) is 23.5 Å². The zero-order chi connectivity index (χ0) is 16.0. The van der Waals surface area contributed by atoms with Crippen LogP contribution in [0.1, 0.15) is 29.4 Å². The molecule has 2 N–H and O–H groups in total. The van der Waals surface area contributed by atoms with Crippen LogP contribution in [0.4, 0.5) is 5.82 Å². The lowest BCUT2D eigenvalue weighted by Crippen LogP contribution is -2.40. The summed E-state index contributed by atoms with van der Waals surface area (Å²) in [5, 5.41) is 8.69. The van der Waals surface area contributed by atoms with Crippen LogP contribution in [0.2, 0.25) is 0 Å². The third kappa shape index (κ3) is 2.11. The number of aryl methyl sites for hydroxylation is 2. The molecule has 2 aromatic heterocycles. The lowest BCUT2D eigenvalue weighted by molar-refractivity contribution is -0.136. The maximum atomic E-state index is 12.3. The van der Waals surface area contributed by atoms with Crippen LogP contribution in [-0.2, 0) is 9.53 Å². The van der Waals surface area contributed by atoms with Crippen molar-refractivity contribution in [3.05, 3.63) is 39.1 Å². The van der Waals surface area contributed by atoms with Gasteiger partial charge in [-0.05, 0) is 20.8 Å². The molecule has 1 atom stereocenters. The third-order valence-corrected chi connectivity index (χ3v) is 4.65. The number of rotatable bonds is 2. The van der Waals surface area contributed by atoms with Gasteiger partial charge in [0.2, 0.25) is 0 Å². The summed E-state index contributed by atoms with van der Waals surface area (Å²) in [6, 6.07) is 1.46. The number of hydrogen-bond donors (Lipinski definition) is 1. The molecule has 1 unspecified atom stereocenters. The number of nitrogens with two attached hydrogens (primary N) is 1. The molecule has 116 valence electrons. The van der Waals surface area contributed by atoms with Crippen molar-refractivity contribution in [3.8, 4) is 0 Å². The highest BCUT2D eigenvalue weighted by Gasteiger charge is 2.38. The quantitative estimate of drug-likeness (QED) is 0.669. The number of ether oxygens (including phenoxy) is 1. The van der Waals surface area contributed by atoms with E-state index in [2.05, 4.69) is 10.1 Å². The van der Waals surface area contributed by atoms with Gasteiger partial charge in [0.15, 0.2) is 0 Å². The molecule has 1 aliphatic heterocycles. The Balaban J connectivity index is 2.25. The summed E-state index contributed by atoms with van der Waals surface area (Å²) in [5.74, 6) is 6.42. The Bertz CT molecular complexity index is 776. The molecule has 2 aromatic rings. The van der Waals surface area contributed by atoms with Gasteiger partial charge in [-0.1, -0.05) is 0 Å². The number of hydrogen-bond acceptors (Lipinski definition) is 7. The molecule has 0 saturated heterocycles. The molecule has 7 nitrogen and oxygen atoms in total. The number of esters is 1. The minimum atomic E-state index is -0.426. The summed E-state index contributed by atoms with van der Waals surface area (Å²) < 4.78 is 6.67. The number of carbonyl (C=O) groups is 1. The van der Waals surface area contributed by atoms with Crippen LogP contribution in [0.15, 0.2) is 22.7 Å². The summed E-state index contributed by atoms with van der Waals surface area (Å²) in [5.41, 5.74) is 2.82. The van der Waals surface area contributed by atoms with Gasteiger partial charge < -0.3 is 4.74 Å². The van der Waals surface area contributed by atoms with Crippen LogP contribution >= 0.6 is 11.3 Å². The van der Waals surface area contributed by atoms with E-state index >= 15 is 0 Å². The van der Waals surface area contributed by atoms with Gasteiger partial charge in [-0.3, -0.25) is 5.01 Å². The van der Waals surface area contributed by atoms with Gasteiger partial charge in [0.05, 0.1) is 18.4 Å². The largest absolute Gasteiger partial charge is 0.466 e. The second-order valence-corrected chi connectivity index (χ2v) is 6.07. The average Bonchev–Trinajstić information content (AvgIpc) is 3.07. The second kappa shape index (κ2) is 5.22. The van der Waals surface area contributed by atoms with E-state index in [4.69, 9.17) is 10.6 Å². The summed E-state index contributed by atoms with van der Waals surface area (Å²) in [7, 11) is 1.36. The van der Waals surface area contributed by atoms with E-state index in [-0.39, 0.29) is 0 Å². The zero-order valence-corrected chi connectivity index (χ0v) is 13.6. The van der Waals surface area contributed by atoms with Crippen molar-refractivity contribution in [2.75, 3.05) is 12.1 Å². The molecule has 0 aromatic carbocycles. The molecule has 0 radical (unpaired) electrons. The van der Waals surface area contributed by atoms with Crippen molar-refractivity contribution in [2.24, 2.45) is 5.84 Å². The van der Waals surface area contributed by atoms with Crippen molar-refractivity contribution in [1.82, 2.24) is 14.8 Å². The van der Waals surface area contributed by atoms with Crippen molar-refractivity contribution >= 4 is 23.1 Å². The Labute approximate surface area is 132 Å². The first kappa shape index (κ1) is 14.7. The standard InChI is InChI=1S/C14H17N5O2S/c1-7-5-10-18(15)9(3)11(14(20)21-4)12(19(10)17-7)13-16-8(2)6-22-13/h5-6,12H,15H2,1-4H3. The van der Waals surface area contributed by atoms with Crippen molar-refractivity contribution in [2.45, 2.75) is 26.8 Å². The Morgan fingerprint density at radius 3 is 2.68 bits per heavy atom. The van der Waals surface area contributed by atoms with Gasteiger partial charge in [0, 0.05) is 22.8 Å². The SMILES string of the molecule is COC(=O)C1=C(C)N(N)c2cc(C)nn2C1c1nc(C)cs1. The van der Waals surface area contributed by atoms with Crippen molar-refractivity contribution in [1.29, 1.82) is 0 Å². The molecule has 0 amide bonds. The number of allylic oxidation sites excluding steroid dienone is 1. The first-order valence-electron chi connectivity index (χ1n) is 6.76. The summed E-state index contributed by atoms with van der Waals surface area (Å²) in [6.45, 7) is 5.60. The van der Waals surface area contributed by atoms with E-state index in [9.17, 15) is 4.79 Å². The predicted octanol–water partition coefficient (Wildman–Crippen LogP) is 1.69. The van der Waals surface area contributed by atoms with Crippen LogP contribution < -0.4 is 10.9 Å². The van der Waals surface area contributed by atoms with E-state index in [1.807, 2.05) is 25.3 Å². The monoisotopic (exact) mass is 319 g/mol. The van der Waals surface area contributed by atoms with E-state index in [0.29, 0.717) is 11.3 Å². The van der Waals surface area contributed by atoms with Crippen LogP contribution in [-0.4, -0.2) is 27.8 Å². The predicted molar refractivity (Wildman–Crippen MR) is 83.3 cm³/mol. The normalized spacial score (nSPS) is 17.7.